The molecule has 0 bridgehead atoms. The highest BCUT2D eigenvalue weighted by Crippen LogP contribution is 2.34. The molecule has 1 heterocycles. The fourth-order valence-electron chi connectivity index (χ4n) is 2.64. The quantitative estimate of drug-likeness (QED) is 0.897. The van der Waals surface area contributed by atoms with Crippen molar-refractivity contribution < 1.29 is 8.42 Å². The summed E-state index contributed by atoms with van der Waals surface area (Å²) < 4.78 is 24.7. The fraction of sp³-hybridized carbons (Fsp3) is 0.769. The maximum Gasteiger partial charge on any atom is 0.151 e. The number of aryl methyl sites for hydroxylation is 1. The van der Waals surface area contributed by atoms with Gasteiger partial charge in [-0.3, -0.25) is 4.68 Å². The topological polar surface area (TPSA) is 78.0 Å². The highest BCUT2D eigenvalue weighted by Gasteiger charge is 2.21. The van der Waals surface area contributed by atoms with E-state index in [0.29, 0.717) is 18.2 Å². The minimum absolute atomic E-state index is 0.134. The number of anilines is 1. The summed E-state index contributed by atoms with van der Waals surface area (Å²) in [6, 6.07) is 0. The molecule has 108 valence electrons. The summed E-state index contributed by atoms with van der Waals surface area (Å²) >= 11 is 0. The van der Waals surface area contributed by atoms with Crippen molar-refractivity contribution >= 4 is 15.5 Å². The molecule has 0 radical (unpaired) electrons. The van der Waals surface area contributed by atoms with Crippen molar-refractivity contribution in [2.24, 2.45) is 0 Å². The molecule has 0 spiro atoms. The average molecular weight is 285 g/mol. The molecule has 0 saturated heterocycles. The van der Waals surface area contributed by atoms with Crippen LogP contribution in [0.2, 0.25) is 0 Å². The summed E-state index contributed by atoms with van der Waals surface area (Å²) in [5.74, 6) is 0.770. The van der Waals surface area contributed by atoms with Crippen molar-refractivity contribution in [1.29, 1.82) is 0 Å². The molecular weight excluding hydrogens is 262 g/mol. The Kier molecular flexibility index (Phi) is 4.50. The van der Waals surface area contributed by atoms with E-state index in [1.165, 1.54) is 19.3 Å². The van der Waals surface area contributed by atoms with Crippen LogP contribution in [0.4, 0.5) is 5.69 Å². The second kappa shape index (κ2) is 5.94. The van der Waals surface area contributed by atoms with Crippen molar-refractivity contribution in [1.82, 2.24) is 9.78 Å². The molecule has 2 rings (SSSR count). The molecule has 0 amide bonds. The van der Waals surface area contributed by atoms with Gasteiger partial charge in [-0.05, 0) is 12.8 Å². The van der Waals surface area contributed by atoms with Gasteiger partial charge < -0.3 is 5.73 Å². The van der Waals surface area contributed by atoms with Crippen LogP contribution in [0.5, 0.6) is 0 Å². The SMILES string of the molecule is CCS(=O)(=O)CCn1cc(N)c(C2CCCCC2)n1. The molecule has 0 unspecified atom stereocenters. The number of aromatic nitrogens is 2. The van der Waals surface area contributed by atoms with Crippen LogP contribution in [0.15, 0.2) is 6.20 Å². The van der Waals surface area contributed by atoms with Gasteiger partial charge in [-0.25, -0.2) is 8.42 Å². The van der Waals surface area contributed by atoms with Gasteiger partial charge in [0.25, 0.3) is 0 Å². The van der Waals surface area contributed by atoms with E-state index >= 15 is 0 Å². The number of sulfone groups is 1. The first kappa shape index (κ1) is 14.4. The summed E-state index contributed by atoms with van der Waals surface area (Å²) in [7, 11) is -2.95. The lowest BCUT2D eigenvalue weighted by Crippen LogP contribution is -2.15. The summed E-state index contributed by atoms with van der Waals surface area (Å²) in [5.41, 5.74) is 7.69. The first-order valence-electron chi connectivity index (χ1n) is 7.05. The highest BCUT2D eigenvalue weighted by atomic mass is 32.2. The van der Waals surface area contributed by atoms with Crippen LogP contribution in [0.3, 0.4) is 0 Å². The molecule has 1 aliphatic rings. The Bertz CT molecular complexity index is 516. The van der Waals surface area contributed by atoms with Gasteiger partial charge in [0.2, 0.25) is 0 Å². The number of hydrogen-bond acceptors (Lipinski definition) is 4. The Hall–Kier alpha value is -1.04. The average Bonchev–Trinajstić information content (AvgIpc) is 2.79. The predicted molar refractivity (Wildman–Crippen MR) is 76.8 cm³/mol. The molecule has 1 aromatic heterocycles. The van der Waals surface area contributed by atoms with Gasteiger partial charge >= 0.3 is 0 Å². The second-order valence-corrected chi connectivity index (χ2v) is 7.78. The third-order valence-electron chi connectivity index (χ3n) is 3.88. The molecule has 1 aliphatic carbocycles. The van der Waals surface area contributed by atoms with Crippen LogP contribution >= 0.6 is 0 Å². The third-order valence-corrected chi connectivity index (χ3v) is 5.57. The van der Waals surface area contributed by atoms with Gasteiger partial charge in [0.05, 0.1) is 23.7 Å². The van der Waals surface area contributed by atoms with Gasteiger partial charge in [0.1, 0.15) is 0 Å². The number of rotatable bonds is 5. The molecule has 6 heteroatoms. The van der Waals surface area contributed by atoms with Gasteiger partial charge in [-0.15, -0.1) is 0 Å². The maximum absolute atomic E-state index is 11.5. The van der Waals surface area contributed by atoms with Crippen molar-refractivity contribution in [2.75, 3.05) is 17.2 Å². The van der Waals surface area contributed by atoms with Crippen LogP contribution in [0, 0.1) is 0 Å². The van der Waals surface area contributed by atoms with E-state index in [9.17, 15) is 8.42 Å². The smallest absolute Gasteiger partial charge is 0.151 e. The standard InChI is InChI=1S/C13H23N3O2S/c1-2-19(17,18)9-8-16-10-12(14)13(15-16)11-6-4-3-5-7-11/h10-11H,2-9,14H2,1H3. The Morgan fingerprint density at radius 1 is 1.37 bits per heavy atom. The highest BCUT2D eigenvalue weighted by molar-refractivity contribution is 7.91. The van der Waals surface area contributed by atoms with Crippen LogP contribution in [-0.2, 0) is 16.4 Å². The monoisotopic (exact) mass is 285 g/mol. The molecule has 0 aliphatic heterocycles. The number of hydrogen-bond donors (Lipinski definition) is 1. The first-order chi connectivity index (χ1) is 9.02. The molecule has 1 aromatic rings. The van der Waals surface area contributed by atoms with Gasteiger partial charge in [-0.2, -0.15) is 5.10 Å². The molecule has 1 fully saturated rings. The Labute approximate surface area is 115 Å². The van der Waals surface area contributed by atoms with Gasteiger partial charge in [-0.1, -0.05) is 26.2 Å². The predicted octanol–water partition coefficient (Wildman–Crippen LogP) is 1.95. The maximum atomic E-state index is 11.5. The van der Waals surface area contributed by atoms with Crippen molar-refractivity contribution in [3.63, 3.8) is 0 Å². The lowest BCUT2D eigenvalue weighted by atomic mass is 9.86. The van der Waals surface area contributed by atoms with Crippen LogP contribution < -0.4 is 5.73 Å². The second-order valence-electron chi connectivity index (χ2n) is 5.30. The van der Waals surface area contributed by atoms with Crippen molar-refractivity contribution in [3.05, 3.63) is 11.9 Å². The van der Waals surface area contributed by atoms with Gasteiger partial charge in [0, 0.05) is 17.9 Å². The Balaban J connectivity index is 2.04. The Morgan fingerprint density at radius 3 is 2.68 bits per heavy atom. The molecule has 0 aromatic carbocycles. The zero-order chi connectivity index (χ0) is 13.9. The van der Waals surface area contributed by atoms with E-state index in [2.05, 4.69) is 5.10 Å². The molecule has 19 heavy (non-hydrogen) atoms. The lowest BCUT2D eigenvalue weighted by Gasteiger charge is -2.20. The van der Waals surface area contributed by atoms with E-state index in [4.69, 9.17) is 5.73 Å². The molecule has 2 N–H and O–H groups in total. The normalized spacial score (nSPS) is 17.7. The molecule has 5 nitrogen and oxygen atoms in total. The van der Waals surface area contributed by atoms with E-state index in [0.717, 1.165) is 18.5 Å². The zero-order valence-electron chi connectivity index (χ0n) is 11.5. The number of nitrogen functional groups attached to an aromatic ring is 1. The molecule has 0 atom stereocenters. The minimum atomic E-state index is -2.95. The van der Waals surface area contributed by atoms with E-state index in [-0.39, 0.29) is 11.5 Å². The number of nitrogens with zero attached hydrogens (tertiary/aromatic N) is 2. The van der Waals surface area contributed by atoms with Crippen LogP contribution in [-0.4, -0.2) is 29.7 Å². The zero-order valence-corrected chi connectivity index (χ0v) is 12.3. The van der Waals surface area contributed by atoms with Crippen molar-refractivity contribution in [3.8, 4) is 0 Å². The molecule has 1 saturated carbocycles. The van der Waals surface area contributed by atoms with Crippen LogP contribution in [0.1, 0.15) is 50.6 Å². The van der Waals surface area contributed by atoms with E-state index < -0.39 is 9.84 Å². The van der Waals surface area contributed by atoms with E-state index in [1.807, 2.05) is 0 Å². The third kappa shape index (κ3) is 3.72. The van der Waals surface area contributed by atoms with Gasteiger partial charge in [0.15, 0.2) is 9.84 Å². The summed E-state index contributed by atoms with van der Waals surface area (Å²) in [6.45, 7) is 2.06. The Morgan fingerprint density at radius 2 is 2.05 bits per heavy atom. The summed E-state index contributed by atoms with van der Waals surface area (Å²) in [4.78, 5) is 0. The number of nitrogens with two attached hydrogens (primary N) is 1. The van der Waals surface area contributed by atoms with Crippen molar-refractivity contribution in [2.45, 2.75) is 51.5 Å². The van der Waals surface area contributed by atoms with E-state index in [1.54, 1.807) is 17.8 Å². The minimum Gasteiger partial charge on any atom is -0.396 e. The first-order valence-corrected chi connectivity index (χ1v) is 8.87. The summed E-state index contributed by atoms with van der Waals surface area (Å²) in [5, 5.41) is 4.50. The fourth-order valence-corrected chi connectivity index (χ4v) is 3.39. The lowest BCUT2D eigenvalue weighted by molar-refractivity contribution is 0.433. The largest absolute Gasteiger partial charge is 0.396 e. The summed E-state index contributed by atoms with van der Waals surface area (Å²) in [6.07, 6.45) is 7.84. The van der Waals surface area contributed by atoms with Crippen LogP contribution in [0.25, 0.3) is 0 Å². The molecular formula is C13H23N3O2S.